The summed E-state index contributed by atoms with van der Waals surface area (Å²) in [4.78, 5) is 43.5. The summed E-state index contributed by atoms with van der Waals surface area (Å²) in [6.45, 7) is 5.97. The molecule has 1 unspecified atom stereocenters. The van der Waals surface area contributed by atoms with Gasteiger partial charge in [0.25, 0.3) is 5.56 Å². The number of fused-ring (bicyclic) bond motifs is 1. The van der Waals surface area contributed by atoms with Crippen molar-refractivity contribution in [1.29, 1.82) is 0 Å². The highest BCUT2D eigenvalue weighted by Crippen LogP contribution is 2.31. The molecule has 166 valence electrons. The Balaban J connectivity index is 1.82. The Hall–Kier alpha value is -3.09. The molecule has 32 heavy (non-hydrogen) atoms. The lowest BCUT2D eigenvalue weighted by Crippen LogP contribution is -2.47. The second-order valence-electron chi connectivity index (χ2n) is 6.76. The minimum Gasteiger partial charge on any atom is -0.463 e. The molecule has 0 saturated carbocycles. The number of hydrogen-bond donors (Lipinski definition) is 2. The zero-order valence-corrected chi connectivity index (χ0v) is 19.4. The number of ether oxygens (including phenoxy) is 1. The van der Waals surface area contributed by atoms with E-state index in [1.165, 1.54) is 22.2 Å². The summed E-state index contributed by atoms with van der Waals surface area (Å²) in [5.41, 5.74) is 0.692. The van der Waals surface area contributed by atoms with E-state index in [1.807, 2.05) is 17.5 Å². The van der Waals surface area contributed by atoms with Gasteiger partial charge in [0.1, 0.15) is 11.0 Å². The van der Waals surface area contributed by atoms with Crippen LogP contribution in [0, 0.1) is 3.95 Å². The zero-order chi connectivity index (χ0) is 22.8. The average molecular weight is 490 g/mol. The minimum absolute atomic E-state index is 0.0582. The number of allylic oxidation sites excluding steroid dienone is 2. The average Bonchev–Trinajstić information content (AvgIpc) is 3.39. The van der Waals surface area contributed by atoms with Gasteiger partial charge in [0.05, 0.1) is 30.5 Å². The van der Waals surface area contributed by atoms with Crippen LogP contribution < -0.4 is 16.2 Å². The van der Waals surface area contributed by atoms with Crippen LogP contribution in [0.4, 0.5) is 4.79 Å². The standard InChI is InChI=1S/C20H19N5O4S3/c1-3-7-25-16-15(32-20(25)30)17(26)24(10-21-16)9-11-13(18(27)29-4-2)14(23-19(28)22-11)12-6-5-8-31-12/h3,5-6,8,10,14H,1,4,7,9H2,2H3,(H2,22,23,28). The summed E-state index contributed by atoms with van der Waals surface area (Å²) in [6, 6.07) is 2.51. The molecule has 3 aromatic heterocycles. The van der Waals surface area contributed by atoms with Gasteiger partial charge in [-0.15, -0.1) is 17.9 Å². The van der Waals surface area contributed by atoms with Crippen LogP contribution in [-0.4, -0.2) is 32.7 Å². The van der Waals surface area contributed by atoms with E-state index in [4.69, 9.17) is 17.0 Å². The lowest BCUT2D eigenvalue weighted by molar-refractivity contribution is -0.139. The number of urea groups is 1. The first-order chi connectivity index (χ1) is 15.4. The smallest absolute Gasteiger partial charge is 0.338 e. The molecule has 4 rings (SSSR count). The van der Waals surface area contributed by atoms with Crippen molar-refractivity contribution in [2.75, 3.05) is 6.61 Å². The maximum Gasteiger partial charge on any atom is 0.338 e. The third-order valence-electron chi connectivity index (χ3n) is 4.76. The molecule has 2 amide bonds. The highest BCUT2D eigenvalue weighted by Gasteiger charge is 2.34. The van der Waals surface area contributed by atoms with Crippen molar-refractivity contribution >= 4 is 57.2 Å². The lowest BCUT2D eigenvalue weighted by Gasteiger charge is -2.28. The maximum atomic E-state index is 13.1. The van der Waals surface area contributed by atoms with Crippen LogP contribution in [0.2, 0.25) is 0 Å². The van der Waals surface area contributed by atoms with E-state index in [0.717, 1.165) is 16.2 Å². The zero-order valence-electron chi connectivity index (χ0n) is 17.0. The molecule has 1 atom stereocenters. The molecule has 2 N–H and O–H groups in total. The molecule has 0 bridgehead atoms. The Morgan fingerprint density at radius 3 is 2.94 bits per heavy atom. The van der Waals surface area contributed by atoms with Crippen LogP contribution >= 0.6 is 34.9 Å². The predicted octanol–water partition coefficient (Wildman–Crippen LogP) is 3.11. The van der Waals surface area contributed by atoms with Gasteiger partial charge in [-0.05, 0) is 30.6 Å². The normalized spacial score (nSPS) is 16.0. The van der Waals surface area contributed by atoms with Crippen molar-refractivity contribution in [2.24, 2.45) is 0 Å². The number of nitrogens with zero attached hydrogens (tertiary/aromatic N) is 3. The Labute approximate surface area is 195 Å². The number of rotatable bonds is 7. The van der Waals surface area contributed by atoms with Crippen LogP contribution in [0.3, 0.4) is 0 Å². The summed E-state index contributed by atoms with van der Waals surface area (Å²) >= 11 is 7.92. The molecule has 3 aromatic rings. The van der Waals surface area contributed by atoms with E-state index in [1.54, 1.807) is 17.6 Å². The Morgan fingerprint density at radius 2 is 2.25 bits per heavy atom. The number of nitrogens with one attached hydrogen (secondary N) is 2. The number of thiophene rings is 1. The molecule has 1 aliphatic rings. The Bertz CT molecular complexity index is 1350. The molecular formula is C20H19N5O4S3. The predicted molar refractivity (Wildman–Crippen MR) is 125 cm³/mol. The van der Waals surface area contributed by atoms with Gasteiger partial charge < -0.3 is 19.9 Å². The van der Waals surface area contributed by atoms with Gasteiger partial charge in [0, 0.05) is 11.4 Å². The Kier molecular flexibility index (Phi) is 6.35. The van der Waals surface area contributed by atoms with Gasteiger partial charge >= 0.3 is 12.0 Å². The third-order valence-corrected chi connectivity index (χ3v) is 7.12. The molecule has 1 aliphatic heterocycles. The number of carbonyl (C=O) groups is 2. The van der Waals surface area contributed by atoms with Crippen molar-refractivity contribution in [3.63, 3.8) is 0 Å². The number of carbonyl (C=O) groups excluding carboxylic acids is 2. The molecule has 4 heterocycles. The maximum absolute atomic E-state index is 13.1. The van der Waals surface area contributed by atoms with Gasteiger partial charge in [0.15, 0.2) is 9.60 Å². The number of aromatic nitrogens is 3. The first-order valence-corrected chi connectivity index (χ1v) is 11.8. The summed E-state index contributed by atoms with van der Waals surface area (Å²) < 4.78 is 9.24. The van der Waals surface area contributed by atoms with Gasteiger partial charge in [-0.2, -0.15) is 0 Å². The third kappa shape index (κ3) is 4.04. The summed E-state index contributed by atoms with van der Waals surface area (Å²) in [5, 5.41) is 7.29. The van der Waals surface area contributed by atoms with Crippen LogP contribution in [-0.2, 0) is 22.6 Å². The highest BCUT2D eigenvalue weighted by atomic mass is 32.1. The fraction of sp³-hybridized carbons (Fsp3) is 0.250. The largest absolute Gasteiger partial charge is 0.463 e. The monoisotopic (exact) mass is 489 g/mol. The van der Waals surface area contributed by atoms with Crippen LogP contribution in [0.25, 0.3) is 10.3 Å². The first-order valence-electron chi connectivity index (χ1n) is 9.65. The number of esters is 1. The second-order valence-corrected chi connectivity index (χ2v) is 9.38. The van der Waals surface area contributed by atoms with Crippen molar-refractivity contribution in [2.45, 2.75) is 26.1 Å². The highest BCUT2D eigenvalue weighted by molar-refractivity contribution is 7.73. The first kappa shape index (κ1) is 22.1. The van der Waals surface area contributed by atoms with E-state index in [2.05, 4.69) is 22.2 Å². The fourth-order valence-electron chi connectivity index (χ4n) is 3.41. The van der Waals surface area contributed by atoms with E-state index < -0.39 is 18.0 Å². The van der Waals surface area contributed by atoms with E-state index in [9.17, 15) is 14.4 Å². The van der Waals surface area contributed by atoms with Crippen LogP contribution in [0.1, 0.15) is 17.8 Å². The molecule has 12 heteroatoms. The van der Waals surface area contributed by atoms with Crippen molar-refractivity contribution in [1.82, 2.24) is 24.8 Å². The van der Waals surface area contributed by atoms with Gasteiger partial charge in [-0.25, -0.2) is 14.6 Å². The molecule has 0 radical (unpaired) electrons. The summed E-state index contributed by atoms with van der Waals surface area (Å²) in [7, 11) is 0. The molecule has 9 nitrogen and oxygen atoms in total. The van der Waals surface area contributed by atoms with E-state index in [0.29, 0.717) is 20.8 Å². The van der Waals surface area contributed by atoms with Gasteiger partial charge in [-0.1, -0.05) is 23.5 Å². The molecule has 0 saturated heterocycles. The summed E-state index contributed by atoms with van der Waals surface area (Å²) in [6.07, 6.45) is 3.07. The topological polar surface area (TPSA) is 107 Å². The quantitative estimate of drug-likeness (QED) is 0.300. The van der Waals surface area contributed by atoms with E-state index in [-0.39, 0.29) is 30.0 Å². The molecule has 0 aliphatic carbocycles. The molecule has 0 aromatic carbocycles. The number of hydrogen-bond acceptors (Lipinski definition) is 8. The minimum atomic E-state index is -0.680. The SMILES string of the molecule is C=CCn1c(=S)sc2c(=O)n(CC3=C(C(=O)OCC)C(c4cccs4)NC(=O)N3)cnc21. The van der Waals surface area contributed by atoms with Crippen molar-refractivity contribution in [3.8, 4) is 0 Å². The van der Waals surface area contributed by atoms with E-state index >= 15 is 0 Å². The molecule has 0 fully saturated rings. The van der Waals surface area contributed by atoms with Crippen molar-refractivity contribution < 1.29 is 14.3 Å². The van der Waals surface area contributed by atoms with Gasteiger partial charge in [0.2, 0.25) is 0 Å². The lowest BCUT2D eigenvalue weighted by atomic mass is 10.0. The number of amides is 2. The summed E-state index contributed by atoms with van der Waals surface area (Å²) in [5.74, 6) is -0.566. The van der Waals surface area contributed by atoms with Gasteiger partial charge in [-0.3, -0.25) is 9.36 Å². The van der Waals surface area contributed by atoms with Crippen LogP contribution in [0.15, 0.2) is 52.6 Å². The Morgan fingerprint density at radius 1 is 1.44 bits per heavy atom. The van der Waals surface area contributed by atoms with Crippen LogP contribution in [0.5, 0.6) is 0 Å². The molecule has 0 spiro atoms. The molecular weight excluding hydrogens is 470 g/mol. The van der Waals surface area contributed by atoms with Crippen molar-refractivity contribution in [3.05, 3.63) is 67.0 Å². The number of thiazole rings is 1. The fourth-order valence-corrected chi connectivity index (χ4v) is 5.51. The second kappa shape index (κ2) is 9.18.